The van der Waals surface area contributed by atoms with Crippen LogP contribution in [-0.4, -0.2) is 20.0 Å². The number of hydrogen-bond acceptors (Lipinski definition) is 4. The van der Waals surface area contributed by atoms with Gasteiger partial charge in [0.1, 0.15) is 5.69 Å². The number of aromatic nitrogens is 4. The molecule has 6 heteroatoms. The van der Waals surface area contributed by atoms with Gasteiger partial charge in [0, 0.05) is 29.5 Å². The highest BCUT2D eigenvalue weighted by atomic mass is 35.5. The lowest BCUT2D eigenvalue weighted by Crippen LogP contribution is -2.04. The van der Waals surface area contributed by atoms with Crippen molar-refractivity contribution in [3.05, 3.63) is 59.0 Å². The molecule has 0 radical (unpaired) electrons. The van der Waals surface area contributed by atoms with Gasteiger partial charge in [-0.05, 0) is 36.8 Å². The van der Waals surface area contributed by atoms with Crippen molar-refractivity contribution in [2.75, 3.05) is 0 Å². The summed E-state index contributed by atoms with van der Waals surface area (Å²) in [4.78, 5) is 4.04. The Morgan fingerprint density at radius 3 is 2.67 bits per heavy atom. The quantitative estimate of drug-likeness (QED) is 0.807. The zero-order valence-corrected chi connectivity index (χ0v) is 12.2. The van der Waals surface area contributed by atoms with Crippen LogP contribution >= 0.6 is 11.6 Å². The van der Waals surface area contributed by atoms with E-state index in [0.717, 1.165) is 28.2 Å². The van der Waals surface area contributed by atoms with E-state index < -0.39 is 0 Å². The Morgan fingerprint density at radius 1 is 1.19 bits per heavy atom. The van der Waals surface area contributed by atoms with E-state index in [-0.39, 0.29) is 0 Å². The molecule has 1 aromatic carbocycles. The summed E-state index contributed by atoms with van der Waals surface area (Å²) < 4.78 is 1.78. The van der Waals surface area contributed by atoms with Gasteiger partial charge in [-0.15, -0.1) is 5.10 Å². The molecule has 2 aromatic heterocycles. The molecule has 3 aromatic rings. The highest BCUT2D eigenvalue weighted by Crippen LogP contribution is 2.27. The van der Waals surface area contributed by atoms with Crippen LogP contribution in [0.2, 0.25) is 5.02 Å². The van der Waals surface area contributed by atoms with Crippen LogP contribution in [0.25, 0.3) is 16.9 Å². The average Bonchev–Trinajstić information content (AvgIpc) is 2.94. The topological polar surface area (TPSA) is 69.6 Å². The van der Waals surface area contributed by atoms with Crippen LogP contribution in [0, 0.1) is 6.92 Å². The predicted molar refractivity (Wildman–Crippen MR) is 82.2 cm³/mol. The largest absolute Gasteiger partial charge is 0.325 e. The van der Waals surface area contributed by atoms with Crippen LogP contribution in [0.3, 0.4) is 0 Å². The molecule has 0 spiro atoms. The molecule has 21 heavy (non-hydrogen) atoms. The van der Waals surface area contributed by atoms with Gasteiger partial charge in [0.2, 0.25) is 0 Å². The molecular weight excluding hydrogens is 286 g/mol. The Labute approximate surface area is 127 Å². The van der Waals surface area contributed by atoms with Gasteiger partial charge in [0.15, 0.2) is 0 Å². The molecule has 0 aliphatic heterocycles. The zero-order valence-electron chi connectivity index (χ0n) is 11.5. The van der Waals surface area contributed by atoms with Crippen LogP contribution in [0.15, 0.2) is 42.7 Å². The molecule has 3 rings (SSSR count). The molecule has 0 aliphatic carbocycles. The van der Waals surface area contributed by atoms with E-state index >= 15 is 0 Å². The number of aryl methyl sites for hydroxylation is 1. The van der Waals surface area contributed by atoms with Gasteiger partial charge in [-0.2, -0.15) is 0 Å². The third-order valence-corrected chi connectivity index (χ3v) is 3.52. The standard InChI is InChI=1S/C15H14ClN5/c1-10-2-3-12(16)8-14(10)21-15(13(9-17)19-20-21)11-4-6-18-7-5-11/h2-8H,9,17H2,1H3. The highest BCUT2D eigenvalue weighted by molar-refractivity contribution is 6.30. The number of nitrogens with zero attached hydrogens (tertiary/aromatic N) is 4. The monoisotopic (exact) mass is 299 g/mol. The smallest absolute Gasteiger partial charge is 0.105 e. The molecular formula is C15H14ClN5. The summed E-state index contributed by atoms with van der Waals surface area (Å²) in [6, 6.07) is 9.50. The SMILES string of the molecule is Cc1ccc(Cl)cc1-n1nnc(CN)c1-c1ccncc1. The number of halogens is 1. The number of benzene rings is 1. The average molecular weight is 300 g/mol. The van der Waals surface area contributed by atoms with Gasteiger partial charge in [0.05, 0.1) is 11.4 Å². The summed E-state index contributed by atoms with van der Waals surface area (Å²) in [5, 5.41) is 9.08. The molecule has 0 fully saturated rings. The van der Waals surface area contributed by atoms with Crippen molar-refractivity contribution in [2.45, 2.75) is 13.5 Å². The van der Waals surface area contributed by atoms with Gasteiger partial charge >= 0.3 is 0 Å². The first-order valence-electron chi connectivity index (χ1n) is 6.52. The fourth-order valence-corrected chi connectivity index (χ4v) is 2.39. The van der Waals surface area contributed by atoms with Crippen LogP contribution < -0.4 is 5.73 Å². The predicted octanol–water partition coefficient (Wildman–Crippen LogP) is 2.75. The van der Waals surface area contributed by atoms with Gasteiger partial charge < -0.3 is 5.73 Å². The summed E-state index contributed by atoms with van der Waals surface area (Å²) in [6.45, 7) is 2.32. The van der Waals surface area contributed by atoms with Crippen molar-refractivity contribution < 1.29 is 0 Å². The van der Waals surface area contributed by atoms with E-state index in [1.807, 2.05) is 37.3 Å². The summed E-state index contributed by atoms with van der Waals surface area (Å²) in [6.07, 6.45) is 3.47. The Hall–Kier alpha value is -2.24. The van der Waals surface area contributed by atoms with Crippen molar-refractivity contribution in [1.82, 2.24) is 20.0 Å². The van der Waals surface area contributed by atoms with Crippen molar-refractivity contribution in [1.29, 1.82) is 0 Å². The van der Waals surface area contributed by atoms with Crippen LogP contribution in [0.1, 0.15) is 11.3 Å². The van der Waals surface area contributed by atoms with Crippen molar-refractivity contribution in [3.63, 3.8) is 0 Å². The molecule has 0 amide bonds. The Kier molecular flexibility index (Phi) is 3.68. The zero-order chi connectivity index (χ0) is 14.8. The van der Waals surface area contributed by atoms with Crippen LogP contribution in [0.4, 0.5) is 0 Å². The Balaban J connectivity index is 2.25. The lowest BCUT2D eigenvalue weighted by atomic mass is 10.1. The van der Waals surface area contributed by atoms with E-state index in [0.29, 0.717) is 11.6 Å². The van der Waals surface area contributed by atoms with Crippen LogP contribution in [-0.2, 0) is 6.54 Å². The molecule has 2 heterocycles. The molecule has 0 bridgehead atoms. The Bertz CT molecular complexity index is 767. The number of hydrogen-bond donors (Lipinski definition) is 1. The van der Waals surface area contributed by atoms with Gasteiger partial charge in [-0.25, -0.2) is 4.68 Å². The molecule has 106 valence electrons. The minimum atomic E-state index is 0.317. The molecule has 0 unspecified atom stereocenters. The second-order valence-electron chi connectivity index (χ2n) is 4.67. The van der Waals surface area contributed by atoms with Crippen molar-refractivity contribution in [2.24, 2.45) is 5.73 Å². The fraction of sp³-hybridized carbons (Fsp3) is 0.133. The maximum absolute atomic E-state index is 6.11. The van der Waals surface area contributed by atoms with E-state index in [2.05, 4.69) is 15.3 Å². The second kappa shape index (κ2) is 5.63. The molecule has 0 aliphatic rings. The van der Waals surface area contributed by atoms with Crippen molar-refractivity contribution >= 4 is 11.6 Å². The third kappa shape index (κ3) is 2.53. The van der Waals surface area contributed by atoms with Gasteiger partial charge in [-0.1, -0.05) is 22.9 Å². The summed E-state index contributed by atoms with van der Waals surface area (Å²) in [7, 11) is 0. The lowest BCUT2D eigenvalue weighted by molar-refractivity contribution is 0.796. The van der Waals surface area contributed by atoms with Crippen LogP contribution in [0.5, 0.6) is 0 Å². The maximum Gasteiger partial charge on any atom is 0.105 e. The van der Waals surface area contributed by atoms with E-state index in [1.54, 1.807) is 17.1 Å². The first-order valence-corrected chi connectivity index (χ1v) is 6.90. The van der Waals surface area contributed by atoms with Crippen molar-refractivity contribution in [3.8, 4) is 16.9 Å². The van der Waals surface area contributed by atoms with Gasteiger partial charge in [0.25, 0.3) is 0 Å². The Morgan fingerprint density at radius 2 is 1.95 bits per heavy atom. The molecule has 2 N–H and O–H groups in total. The summed E-state index contributed by atoms with van der Waals surface area (Å²) >= 11 is 6.11. The number of pyridine rings is 1. The minimum Gasteiger partial charge on any atom is -0.325 e. The fourth-order valence-electron chi connectivity index (χ4n) is 2.23. The molecule has 5 nitrogen and oxygen atoms in total. The lowest BCUT2D eigenvalue weighted by Gasteiger charge is -2.10. The van der Waals surface area contributed by atoms with E-state index in [4.69, 9.17) is 17.3 Å². The summed E-state index contributed by atoms with van der Waals surface area (Å²) in [5.41, 5.74) is 10.3. The first kappa shape index (κ1) is 13.7. The molecule has 0 atom stereocenters. The third-order valence-electron chi connectivity index (χ3n) is 3.29. The second-order valence-corrected chi connectivity index (χ2v) is 5.10. The van der Waals surface area contributed by atoms with E-state index in [9.17, 15) is 0 Å². The normalized spacial score (nSPS) is 10.8. The molecule has 0 saturated heterocycles. The van der Waals surface area contributed by atoms with E-state index in [1.165, 1.54) is 0 Å². The number of rotatable bonds is 3. The molecule has 0 saturated carbocycles. The van der Waals surface area contributed by atoms with Gasteiger partial charge in [-0.3, -0.25) is 4.98 Å². The maximum atomic E-state index is 6.11. The summed E-state index contributed by atoms with van der Waals surface area (Å²) in [5.74, 6) is 0. The minimum absolute atomic E-state index is 0.317. The highest BCUT2D eigenvalue weighted by Gasteiger charge is 2.16. The first-order chi connectivity index (χ1) is 10.2. The number of nitrogens with two attached hydrogens (primary N) is 1.